The van der Waals surface area contributed by atoms with Gasteiger partial charge in [0.2, 0.25) is 0 Å². The highest BCUT2D eigenvalue weighted by Gasteiger charge is 2.07. The molecule has 0 fully saturated rings. The summed E-state index contributed by atoms with van der Waals surface area (Å²) in [7, 11) is 0.430. The molecule has 0 amide bonds. The first kappa shape index (κ1) is 7.92. The minimum absolute atomic E-state index is 0.00731. The smallest absolute Gasteiger partial charge is 0.260 e. The summed E-state index contributed by atoms with van der Waals surface area (Å²) in [5, 5.41) is 0. The summed E-state index contributed by atoms with van der Waals surface area (Å²) in [4.78, 5) is 0. The van der Waals surface area contributed by atoms with Gasteiger partial charge >= 0.3 is 0 Å². The number of hydrogen-bond acceptors (Lipinski definition) is 1. The van der Waals surface area contributed by atoms with Gasteiger partial charge in [-0.2, -0.15) is 0 Å². The molecule has 1 nitrogen and oxygen atoms in total. The fraction of sp³-hybridized carbons (Fsp3) is 0.667. The molecular weight excluding hydrogens is 116 g/mol. The zero-order valence-corrected chi connectivity index (χ0v) is 6.69. The van der Waals surface area contributed by atoms with E-state index in [1.54, 1.807) is 5.70 Å². The molecule has 0 unspecified atom stereocenters. The molecule has 8 heavy (non-hydrogen) atoms. The average molecular weight is 128 g/mol. The molecule has 0 N–H and O–H groups in total. The standard InChI is InChI=1S/C6H12OSi/c1-5-8-7-6(2,3)4/h5H,1H2,2-4H3. The molecule has 0 saturated carbocycles. The van der Waals surface area contributed by atoms with Crippen LogP contribution in [0.25, 0.3) is 0 Å². The van der Waals surface area contributed by atoms with Crippen molar-refractivity contribution in [3.8, 4) is 0 Å². The van der Waals surface area contributed by atoms with E-state index in [4.69, 9.17) is 4.43 Å². The Balaban J connectivity index is 3.24. The van der Waals surface area contributed by atoms with E-state index in [0.29, 0.717) is 9.76 Å². The fourth-order valence-corrected chi connectivity index (χ4v) is 0.655. The average Bonchev–Trinajstić information content (AvgIpc) is 1.59. The predicted molar refractivity (Wildman–Crippen MR) is 36.8 cm³/mol. The maximum atomic E-state index is 5.29. The lowest BCUT2D eigenvalue weighted by Gasteiger charge is -2.17. The lowest BCUT2D eigenvalue weighted by Crippen LogP contribution is -2.20. The molecule has 0 aliphatic heterocycles. The lowest BCUT2D eigenvalue weighted by atomic mass is 10.2. The van der Waals surface area contributed by atoms with Gasteiger partial charge in [-0.3, -0.25) is 0 Å². The Morgan fingerprint density at radius 1 is 1.50 bits per heavy atom. The van der Waals surface area contributed by atoms with Crippen molar-refractivity contribution in [2.24, 2.45) is 0 Å². The monoisotopic (exact) mass is 128 g/mol. The minimum atomic E-state index is -0.00731. The molecule has 0 rings (SSSR count). The SMILES string of the molecule is C=C[Si]OC(C)(C)C. The van der Waals surface area contributed by atoms with Gasteiger partial charge in [0.05, 0.1) is 0 Å². The van der Waals surface area contributed by atoms with Crippen LogP contribution in [0.4, 0.5) is 0 Å². The third-order valence-corrected chi connectivity index (χ3v) is 1.35. The Morgan fingerprint density at radius 3 is 2.12 bits per heavy atom. The van der Waals surface area contributed by atoms with E-state index in [1.165, 1.54) is 0 Å². The zero-order valence-electron chi connectivity index (χ0n) is 5.69. The van der Waals surface area contributed by atoms with Crippen LogP contribution in [0.2, 0.25) is 0 Å². The Bertz CT molecular complexity index is 73.1. The molecule has 2 heteroatoms. The van der Waals surface area contributed by atoms with Crippen molar-refractivity contribution >= 4 is 9.76 Å². The van der Waals surface area contributed by atoms with Gasteiger partial charge in [-0.05, 0) is 20.8 Å². The van der Waals surface area contributed by atoms with Crippen molar-refractivity contribution in [2.75, 3.05) is 0 Å². The summed E-state index contributed by atoms with van der Waals surface area (Å²) in [6.07, 6.45) is 0. The summed E-state index contributed by atoms with van der Waals surface area (Å²) >= 11 is 0. The van der Waals surface area contributed by atoms with E-state index in [-0.39, 0.29) is 5.60 Å². The maximum Gasteiger partial charge on any atom is 0.260 e. The third kappa shape index (κ3) is 5.92. The van der Waals surface area contributed by atoms with Crippen LogP contribution in [0.5, 0.6) is 0 Å². The second-order valence-electron chi connectivity index (χ2n) is 2.54. The highest BCUT2D eigenvalue weighted by Crippen LogP contribution is 2.04. The summed E-state index contributed by atoms with van der Waals surface area (Å²) in [5.74, 6) is 0. The molecule has 0 aromatic heterocycles. The largest absolute Gasteiger partial charge is 0.407 e. The van der Waals surface area contributed by atoms with E-state index in [1.807, 2.05) is 20.8 Å². The van der Waals surface area contributed by atoms with Gasteiger partial charge in [0.25, 0.3) is 9.76 Å². The number of hydrogen-bond donors (Lipinski definition) is 0. The van der Waals surface area contributed by atoms with Crippen molar-refractivity contribution in [1.82, 2.24) is 0 Å². The van der Waals surface area contributed by atoms with Crippen LogP contribution in [0.3, 0.4) is 0 Å². The number of rotatable bonds is 2. The molecule has 0 aliphatic carbocycles. The van der Waals surface area contributed by atoms with Crippen LogP contribution < -0.4 is 0 Å². The van der Waals surface area contributed by atoms with Crippen LogP contribution in [-0.4, -0.2) is 15.4 Å². The van der Waals surface area contributed by atoms with E-state index in [9.17, 15) is 0 Å². The normalized spacial score (nSPS) is 11.4. The minimum Gasteiger partial charge on any atom is -0.407 e. The summed E-state index contributed by atoms with van der Waals surface area (Å²) in [5.41, 5.74) is 1.78. The molecule has 0 spiro atoms. The van der Waals surface area contributed by atoms with Gasteiger partial charge in [0.15, 0.2) is 0 Å². The van der Waals surface area contributed by atoms with Gasteiger partial charge in [0, 0.05) is 5.60 Å². The van der Waals surface area contributed by atoms with Crippen molar-refractivity contribution in [3.63, 3.8) is 0 Å². The first-order chi connectivity index (χ1) is 3.56. The Morgan fingerprint density at radius 2 is 2.00 bits per heavy atom. The van der Waals surface area contributed by atoms with Gasteiger partial charge in [-0.15, -0.1) is 6.58 Å². The molecule has 0 saturated heterocycles. The second kappa shape index (κ2) is 3.05. The molecular formula is C6H12OSi. The third-order valence-electron chi connectivity index (χ3n) is 0.448. The predicted octanol–water partition coefficient (Wildman–Crippen LogP) is 1.56. The van der Waals surface area contributed by atoms with Gasteiger partial charge in [-0.1, -0.05) is 5.70 Å². The molecule has 0 aliphatic rings. The van der Waals surface area contributed by atoms with E-state index in [2.05, 4.69) is 6.58 Å². The lowest BCUT2D eigenvalue weighted by molar-refractivity contribution is 0.141. The van der Waals surface area contributed by atoms with Crippen molar-refractivity contribution in [1.29, 1.82) is 0 Å². The van der Waals surface area contributed by atoms with Gasteiger partial charge in [-0.25, -0.2) is 0 Å². The fourth-order valence-electron chi connectivity index (χ4n) is 0.218. The summed E-state index contributed by atoms with van der Waals surface area (Å²) in [6.45, 7) is 9.64. The molecule has 2 radical (unpaired) electrons. The first-order valence-corrected chi connectivity index (χ1v) is 3.59. The molecule has 0 bridgehead atoms. The zero-order chi connectivity index (χ0) is 6.62. The van der Waals surface area contributed by atoms with E-state index < -0.39 is 0 Å². The van der Waals surface area contributed by atoms with Crippen LogP contribution in [0.1, 0.15) is 20.8 Å². The highest BCUT2D eigenvalue weighted by molar-refractivity contribution is 6.34. The maximum absolute atomic E-state index is 5.29. The first-order valence-electron chi connectivity index (χ1n) is 2.61. The summed E-state index contributed by atoms with van der Waals surface area (Å²) in [6, 6.07) is 0. The molecule has 0 heterocycles. The Kier molecular flexibility index (Phi) is 3.01. The summed E-state index contributed by atoms with van der Waals surface area (Å²) < 4.78 is 5.29. The van der Waals surface area contributed by atoms with Crippen LogP contribution >= 0.6 is 0 Å². The van der Waals surface area contributed by atoms with Crippen LogP contribution in [0, 0.1) is 0 Å². The second-order valence-corrected chi connectivity index (χ2v) is 3.38. The van der Waals surface area contributed by atoms with Crippen LogP contribution in [-0.2, 0) is 4.43 Å². The highest BCUT2D eigenvalue weighted by atomic mass is 28.2. The van der Waals surface area contributed by atoms with Crippen LogP contribution in [0.15, 0.2) is 12.3 Å². The molecule has 0 atom stereocenters. The molecule has 0 aromatic carbocycles. The van der Waals surface area contributed by atoms with Crippen molar-refractivity contribution in [3.05, 3.63) is 12.3 Å². The molecule has 46 valence electrons. The Hall–Kier alpha value is -0.0831. The van der Waals surface area contributed by atoms with Crippen molar-refractivity contribution < 1.29 is 4.43 Å². The van der Waals surface area contributed by atoms with E-state index in [0.717, 1.165) is 0 Å². The van der Waals surface area contributed by atoms with Crippen molar-refractivity contribution in [2.45, 2.75) is 26.4 Å². The Labute approximate surface area is 53.7 Å². The van der Waals surface area contributed by atoms with E-state index >= 15 is 0 Å². The van der Waals surface area contributed by atoms with Gasteiger partial charge in [0.1, 0.15) is 0 Å². The quantitative estimate of drug-likeness (QED) is 0.513. The molecule has 0 aromatic rings. The topological polar surface area (TPSA) is 9.23 Å². The van der Waals surface area contributed by atoms with Gasteiger partial charge < -0.3 is 4.43 Å².